The van der Waals surface area contributed by atoms with Crippen LogP contribution in [0.2, 0.25) is 0 Å². The minimum Gasteiger partial charge on any atom is -0.463 e. The molecule has 2 saturated heterocycles. The Morgan fingerprint density at radius 2 is 1.61 bits per heavy atom. The second kappa shape index (κ2) is 15.4. The molecule has 1 amide bonds. The summed E-state index contributed by atoms with van der Waals surface area (Å²) < 4.78 is 14.4. The van der Waals surface area contributed by atoms with Crippen molar-refractivity contribution in [2.45, 2.75) is 70.8 Å². The molecule has 0 spiro atoms. The number of nitrogens with one attached hydrogen (secondary N) is 1. The van der Waals surface area contributed by atoms with Crippen molar-refractivity contribution in [2.24, 2.45) is 11.8 Å². The molecule has 0 radical (unpaired) electrons. The number of para-hydroxylation sites is 4. The molecule has 282 valence electrons. The van der Waals surface area contributed by atoms with Gasteiger partial charge in [-0.15, -0.1) is 0 Å². The molecule has 3 aliphatic heterocycles. The summed E-state index contributed by atoms with van der Waals surface area (Å²) in [4.78, 5) is 38.6. The van der Waals surface area contributed by atoms with E-state index in [-0.39, 0.29) is 42.7 Å². The standard InChI is InChI=1S/C43H50N6O4S/c1-43(2,3)53-42(51)47-24-17-31(18-25-47)38(49-37-16-10-8-14-35(37)44-39(49)32-11-5-4-6-12-32)28-52-40(50)33-19-22-46(23-20-33)41-45-34-13-7-9-15-36(34)48(41)27-30-21-26-54-29-30/h4-16,21,26,29,31,33,38-39,44H,17-20,22-25,27-28H2,1-3H3/t38-,39?/m1/s1. The first-order valence-corrected chi connectivity index (χ1v) is 20.2. The molecular formula is C43H50N6O4S. The average Bonchev–Trinajstić information content (AvgIpc) is 3.93. The third-order valence-electron chi connectivity index (χ3n) is 11.0. The number of thiophene rings is 1. The highest BCUT2D eigenvalue weighted by molar-refractivity contribution is 7.07. The van der Waals surface area contributed by atoms with Crippen molar-refractivity contribution >= 4 is 51.8 Å². The molecule has 5 aromatic rings. The number of piperidine rings is 2. The third-order valence-corrected chi connectivity index (χ3v) is 11.8. The lowest BCUT2D eigenvalue weighted by molar-refractivity contribution is -0.150. The number of anilines is 3. The maximum absolute atomic E-state index is 14.0. The molecule has 0 saturated carbocycles. The van der Waals surface area contributed by atoms with Crippen LogP contribution in [0.25, 0.3) is 11.0 Å². The number of esters is 1. The van der Waals surface area contributed by atoms with E-state index >= 15 is 0 Å². The van der Waals surface area contributed by atoms with Crippen LogP contribution in [0.4, 0.5) is 22.1 Å². The molecule has 2 aromatic heterocycles. The normalized spacial score (nSPS) is 18.7. The number of imidazole rings is 1. The van der Waals surface area contributed by atoms with Gasteiger partial charge in [-0.05, 0) is 105 Å². The maximum atomic E-state index is 14.0. The minimum atomic E-state index is -0.548. The van der Waals surface area contributed by atoms with Crippen molar-refractivity contribution < 1.29 is 19.1 Å². The Kier molecular flexibility index (Phi) is 10.2. The van der Waals surface area contributed by atoms with Crippen molar-refractivity contribution in [3.63, 3.8) is 0 Å². The number of amides is 1. The van der Waals surface area contributed by atoms with E-state index in [1.54, 1.807) is 11.3 Å². The number of carbonyl (C=O) groups excluding carboxylic acids is 2. The minimum absolute atomic E-state index is 0.104. The van der Waals surface area contributed by atoms with E-state index < -0.39 is 5.60 Å². The molecule has 0 aliphatic carbocycles. The Morgan fingerprint density at radius 1 is 0.889 bits per heavy atom. The van der Waals surface area contributed by atoms with Crippen LogP contribution in [-0.2, 0) is 20.8 Å². The monoisotopic (exact) mass is 746 g/mol. The van der Waals surface area contributed by atoms with E-state index in [4.69, 9.17) is 14.5 Å². The maximum Gasteiger partial charge on any atom is 0.410 e. The second-order valence-electron chi connectivity index (χ2n) is 15.8. The third kappa shape index (κ3) is 7.64. The predicted octanol–water partition coefficient (Wildman–Crippen LogP) is 8.55. The molecule has 3 aromatic carbocycles. The number of hydrogen-bond donors (Lipinski definition) is 1. The van der Waals surface area contributed by atoms with Crippen LogP contribution in [-0.4, -0.2) is 70.9 Å². The summed E-state index contributed by atoms with van der Waals surface area (Å²) in [6.45, 7) is 9.39. The van der Waals surface area contributed by atoms with Gasteiger partial charge >= 0.3 is 12.1 Å². The van der Waals surface area contributed by atoms with Crippen LogP contribution in [0.3, 0.4) is 0 Å². The van der Waals surface area contributed by atoms with Gasteiger partial charge in [0.1, 0.15) is 18.4 Å². The number of nitrogens with zero attached hydrogens (tertiary/aromatic N) is 5. The number of likely N-dealkylation sites (tertiary alicyclic amines) is 1. The van der Waals surface area contributed by atoms with Crippen LogP contribution in [0.5, 0.6) is 0 Å². The molecule has 0 bridgehead atoms. The molecule has 2 atom stereocenters. The molecule has 8 rings (SSSR count). The fourth-order valence-corrected chi connectivity index (χ4v) is 8.95. The Labute approximate surface area is 321 Å². The van der Waals surface area contributed by atoms with E-state index in [0.29, 0.717) is 25.9 Å². The van der Waals surface area contributed by atoms with Gasteiger partial charge < -0.3 is 34.1 Å². The fourth-order valence-electron chi connectivity index (χ4n) is 8.29. The molecule has 3 aliphatic rings. The summed E-state index contributed by atoms with van der Waals surface area (Å²) in [7, 11) is 0. The van der Waals surface area contributed by atoms with E-state index in [9.17, 15) is 9.59 Å². The van der Waals surface area contributed by atoms with Gasteiger partial charge in [0.15, 0.2) is 0 Å². The van der Waals surface area contributed by atoms with E-state index in [1.807, 2.05) is 37.8 Å². The molecule has 11 heteroatoms. The van der Waals surface area contributed by atoms with Gasteiger partial charge in [-0.1, -0.05) is 54.6 Å². The predicted molar refractivity (Wildman–Crippen MR) is 215 cm³/mol. The van der Waals surface area contributed by atoms with Gasteiger partial charge in [-0.2, -0.15) is 11.3 Å². The molecule has 10 nitrogen and oxygen atoms in total. The molecule has 54 heavy (non-hydrogen) atoms. The Balaban J connectivity index is 0.986. The van der Waals surface area contributed by atoms with E-state index in [0.717, 1.165) is 66.4 Å². The SMILES string of the molecule is CC(C)(C)OC(=O)N1CCC([C@@H](COC(=O)C2CCN(c3nc4ccccc4n3Cc3ccsc3)CC2)N2c3ccccc3NC2c2ccccc2)CC1. The largest absolute Gasteiger partial charge is 0.463 e. The molecule has 1 N–H and O–H groups in total. The summed E-state index contributed by atoms with van der Waals surface area (Å²) in [5, 5.41) is 8.07. The summed E-state index contributed by atoms with van der Waals surface area (Å²) >= 11 is 1.71. The molecule has 1 unspecified atom stereocenters. The Bertz CT molecular complexity index is 2050. The van der Waals surface area contributed by atoms with Crippen LogP contribution in [0, 0.1) is 11.8 Å². The zero-order valence-electron chi connectivity index (χ0n) is 31.4. The topological polar surface area (TPSA) is 92.2 Å². The van der Waals surface area contributed by atoms with Gasteiger partial charge in [0.25, 0.3) is 0 Å². The smallest absolute Gasteiger partial charge is 0.410 e. The van der Waals surface area contributed by atoms with Crippen LogP contribution in [0.1, 0.15) is 63.7 Å². The number of fused-ring (bicyclic) bond motifs is 2. The lowest BCUT2D eigenvalue weighted by Gasteiger charge is -2.43. The van der Waals surface area contributed by atoms with Gasteiger partial charge in [-0.3, -0.25) is 4.79 Å². The van der Waals surface area contributed by atoms with Gasteiger partial charge in [0, 0.05) is 26.2 Å². The number of rotatable bonds is 9. The molecule has 5 heterocycles. The van der Waals surface area contributed by atoms with Crippen molar-refractivity contribution in [1.29, 1.82) is 0 Å². The van der Waals surface area contributed by atoms with Gasteiger partial charge in [0.05, 0.1) is 40.9 Å². The highest BCUT2D eigenvalue weighted by Gasteiger charge is 2.41. The number of aromatic nitrogens is 2. The zero-order chi connectivity index (χ0) is 37.2. The molecule has 2 fully saturated rings. The van der Waals surface area contributed by atoms with E-state index in [1.165, 1.54) is 5.56 Å². The highest BCUT2D eigenvalue weighted by Crippen LogP contribution is 2.45. The lowest BCUT2D eigenvalue weighted by atomic mass is 9.88. The second-order valence-corrected chi connectivity index (χ2v) is 16.5. The van der Waals surface area contributed by atoms with Crippen LogP contribution in [0.15, 0.2) is 95.7 Å². The first-order valence-electron chi connectivity index (χ1n) is 19.3. The molecular weight excluding hydrogens is 697 g/mol. The lowest BCUT2D eigenvalue weighted by Crippen LogP contribution is -2.51. The fraction of sp³-hybridized carbons (Fsp3) is 0.419. The summed E-state index contributed by atoms with van der Waals surface area (Å²) in [6, 6.07) is 29.2. The van der Waals surface area contributed by atoms with Crippen molar-refractivity contribution in [3.8, 4) is 0 Å². The average molecular weight is 747 g/mol. The Morgan fingerprint density at radius 3 is 2.35 bits per heavy atom. The van der Waals surface area contributed by atoms with E-state index in [2.05, 4.69) is 103 Å². The van der Waals surface area contributed by atoms with Crippen molar-refractivity contribution in [2.75, 3.05) is 47.9 Å². The summed E-state index contributed by atoms with van der Waals surface area (Å²) in [6.07, 6.45) is 2.60. The summed E-state index contributed by atoms with van der Waals surface area (Å²) in [5.74, 6) is 0.835. The number of carbonyl (C=O) groups is 2. The summed E-state index contributed by atoms with van der Waals surface area (Å²) in [5.41, 5.74) is 6.13. The Hall–Kier alpha value is -5.03. The van der Waals surface area contributed by atoms with Crippen LogP contribution < -0.4 is 15.1 Å². The number of benzene rings is 3. The van der Waals surface area contributed by atoms with Gasteiger partial charge in [0.2, 0.25) is 5.95 Å². The first-order chi connectivity index (χ1) is 26.2. The van der Waals surface area contributed by atoms with Crippen molar-refractivity contribution in [1.82, 2.24) is 14.5 Å². The van der Waals surface area contributed by atoms with Crippen molar-refractivity contribution in [3.05, 3.63) is 107 Å². The quantitative estimate of drug-likeness (QED) is 0.150. The highest BCUT2D eigenvalue weighted by atomic mass is 32.1. The zero-order valence-corrected chi connectivity index (χ0v) is 32.2. The number of ether oxygens (including phenoxy) is 2. The van der Waals surface area contributed by atoms with Crippen LogP contribution >= 0.6 is 11.3 Å². The van der Waals surface area contributed by atoms with Gasteiger partial charge in [-0.25, -0.2) is 9.78 Å². The first kappa shape index (κ1) is 36.0. The number of hydrogen-bond acceptors (Lipinski definition) is 9.